The summed E-state index contributed by atoms with van der Waals surface area (Å²) < 4.78 is 84.0. The highest BCUT2D eigenvalue weighted by molar-refractivity contribution is 6.08. The quantitative estimate of drug-likeness (QED) is 0.0429. The number of ether oxygens (including phenoxy) is 5. The van der Waals surface area contributed by atoms with Gasteiger partial charge in [0.25, 0.3) is 23.7 Å². The highest BCUT2D eigenvalue weighted by Gasteiger charge is 2.48. The molecule has 6 aromatic rings. The van der Waals surface area contributed by atoms with Gasteiger partial charge in [0.15, 0.2) is 0 Å². The third-order valence-corrected chi connectivity index (χ3v) is 12.8. The van der Waals surface area contributed by atoms with Gasteiger partial charge >= 0.3 is 0 Å². The van der Waals surface area contributed by atoms with Gasteiger partial charge in [-0.25, -0.2) is 17.6 Å². The molecular formula is C56H55F4N9O9. The summed E-state index contributed by atoms with van der Waals surface area (Å²) in [6, 6.07) is 29.7. The number of nitriles is 2. The van der Waals surface area contributed by atoms with Gasteiger partial charge in [0.05, 0.1) is 100 Å². The van der Waals surface area contributed by atoms with Gasteiger partial charge in [0.1, 0.15) is 36.8 Å². The van der Waals surface area contributed by atoms with E-state index in [-0.39, 0.29) is 11.1 Å². The molecule has 2 saturated heterocycles. The first kappa shape index (κ1) is 55.9. The van der Waals surface area contributed by atoms with Crippen molar-refractivity contribution >= 4 is 45.4 Å². The molecule has 4 heterocycles. The number of hydrogen-bond acceptors (Lipinski definition) is 14. The van der Waals surface area contributed by atoms with E-state index in [1.54, 1.807) is 24.3 Å². The van der Waals surface area contributed by atoms with E-state index in [2.05, 4.69) is 25.9 Å². The standard InChI is InChI=1S/C56H55F4N9O9/c57-55(58)29-41(31-61)68(35-55)51(70)33-66-53(72)45-13-15-64-49-11-5-39(27-47(45)49)37-1-7-43(8-2-37)77-25-23-75-20-18-63-17-19-74-21-22-76-24-26-78-44-9-3-38(4-10-44)40-6-12-50-48(28-40)46(14-16-65-50)54(73)67-34-52(71)69-36-56(59,60)30-42(69)32-62/h1-16,27-28,41-42,63H,17-26,29-30,33-36H2,(H,66,72)(H,67,73)/t41-,42-/m0/s1. The average molecular weight is 1070 g/mol. The number of likely N-dealkylation sites (tertiary alicyclic amines) is 2. The van der Waals surface area contributed by atoms with E-state index in [1.165, 1.54) is 24.5 Å². The molecule has 2 atom stereocenters. The normalized spacial score (nSPS) is 16.4. The maximum Gasteiger partial charge on any atom is 0.268 e. The molecule has 78 heavy (non-hydrogen) atoms. The molecular weight excluding hydrogens is 1020 g/mol. The minimum Gasteiger partial charge on any atom is -0.491 e. The second kappa shape index (κ2) is 26.2. The number of benzene rings is 4. The summed E-state index contributed by atoms with van der Waals surface area (Å²) in [5.41, 5.74) is 4.92. The summed E-state index contributed by atoms with van der Waals surface area (Å²) in [5.74, 6) is -7.72. The van der Waals surface area contributed by atoms with E-state index in [0.717, 1.165) is 32.1 Å². The average Bonchev–Trinajstić information content (AvgIpc) is 3.99. The first-order valence-corrected chi connectivity index (χ1v) is 25.1. The summed E-state index contributed by atoms with van der Waals surface area (Å²) in [6.07, 6.45) is 1.47. The van der Waals surface area contributed by atoms with Gasteiger partial charge in [0.2, 0.25) is 11.8 Å². The number of nitrogens with zero attached hydrogens (tertiary/aromatic N) is 6. The van der Waals surface area contributed by atoms with Crippen LogP contribution in [0.5, 0.6) is 11.5 Å². The van der Waals surface area contributed by atoms with Gasteiger partial charge < -0.3 is 49.4 Å². The van der Waals surface area contributed by atoms with Crippen molar-refractivity contribution < 1.29 is 60.4 Å². The Hall–Kier alpha value is -8.28. The molecule has 2 fully saturated rings. The van der Waals surface area contributed by atoms with E-state index >= 15 is 0 Å². The number of amides is 4. The zero-order valence-electron chi connectivity index (χ0n) is 42.2. The molecule has 3 N–H and O–H groups in total. The van der Waals surface area contributed by atoms with Crippen molar-refractivity contribution in [3.8, 4) is 45.9 Å². The lowest BCUT2D eigenvalue weighted by molar-refractivity contribution is -0.132. The lowest BCUT2D eigenvalue weighted by Crippen LogP contribution is -2.43. The number of halogens is 4. The zero-order chi connectivity index (χ0) is 55.1. The third kappa shape index (κ3) is 14.8. The Kier molecular flexibility index (Phi) is 18.8. The van der Waals surface area contributed by atoms with Crippen molar-refractivity contribution in [3.05, 3.63) is 121 Å². The Bertz CT molecular complexity index is 2960. The van der Waals surface area contributed by atoms with Gasteiger partial charge in [-0.1, -0.05) is 36.4 Å². The van der Waals surface area contributed by atoms with Gasteiger partial charge in [-0.3, -0.25) is 29.1 Å². The predicted octanol–water partition coefficient (Wildman–Crippen LogP) is 6.19. The number of rotatable bonds is 25. The Labute approximate surface area is 446 Å². The predicted molar refractivity (Wildman–Crippen MR) is 277 cm³/mol. The summed E-state index contributed by atoms with van der Waals surface area (Å²) in [4.78, 5) is 61.9. The topological polar surface area (TPSA) is 230 Å². The number of pyridine rings is 2. The zero-order valence-corrected chi connectivity index (χ0v) is 42.2. The van der Waals surface area contributed by atoms with Crippen LogP contribution in [0.25, 0.3) is 44.1 Å². The molecule has 2 aromatic heterocycles. The van der Waals surface area contributed by atoms with Crippen molar-refractivity contribution in [2.75, 3.05) is 92.1 Å². The van der Waals surface area contributed by atoms with Crippen molar-refractivity contribution in [2.45, 2.75) is 36.8 Å². The smallest absolute Gasteiger partial charge is 0.268 e. The maximum absolute atomic E-state index is 13.8. The second-order valence-corrected chi connectivity index (χ2v) is 18.3. The molecule has 4 amide bonds. The van der Waals surface area contributed by atoms with Crippen LogP contribution in [0.3, 0.4) is 0 Å². The molecule has 2 aliphatic rings. The number of hydrogen-bond donors (Lipinski definition) is 3. The third-order valence-electron chi connectivity index (χ3n) is 12.8. The van der Waals surface area contributed by atoms with E-state index in [4.69, 9.17) is 23.7 Å². The Balaban J connectivity index is 0.652. The molecule has 406 valence electrons. The van der Waals surface area contributed by atoms with Crippen LogP contribution in [-0.4, -0.2) is 159 Å². The first-order chi connectivity index (χ1) is 37.7. The van der Waals surface area contributed by atoms with Gasteiger partial charge in [-0.2, -0.15) is 10.5 Å². The van der Waals surface area contributed by atoms with Crippen LogP contribution in [0.1, 0.15) is 33.6 Å². The fraction of sp³-hybridized carbons (Fsp3) is 0.357. The van der Waals surface area contributed by atoms with Crippen LogP contribution >= 0.6 is 0 Å². The largest absolute Gasteiger partial charge is 0.491 e. The Morgan fingerprint density at radius 3 is 1.33 bits per heavy atom. The van der Waals surface area contributed by atoms with Crippen LogP contribution in [0, 0.1) is 22.7 Å². The van der Waals surface area contributed by atoms with Crippen LogP contribution < -0.4 is 25.4 Å². The lowest BCUT2D eigenvalue weighted by Gasteiger charge is -2.19. The summed E-state index contributed by atoms with van der Waals surface area (Å²) in [5, 5.41) is 27.8. The fourth-order valence-electron chi connectivity index (χ4n) is 8.90. The molecule has 0 bridgehead atoms. The second-order valence-electron chi connectivity index (χ2n) is 18.3. The van der Waals surface area contributed by atoms with E-state index < -0.39 is 86.6 Å². The highest BCUT2D eigenvalue weighted by atomic mass is 19.3. The summed E-state index contributed by atoms with van der Waals surface area (Å²) >= 11 is 0. The summed E-state index contributed by atoms with van der Waals surface area (Å²) in [7, 11) is 0. The molecule has 0 spiro atoms. The van der Waals surface area contributed by atoms with Crippen molar-refractivity contribution in [2.24, 2.45) is 0 Å². The van der Waals surface area contributed by atoms with Crippen LogP contribution in [0.15, 0.2) is 109 Å². The number of aromatic nitrogens is 2. The Morgan fingerprint density at radius 1 is 0.538 bits per heavy atom. The van der Waals surface area contributed by atoms with E-state index in [9.17, 15) is 47.3 Å². The van der Waals surface area contributed by atoms with Crippen molar-refractivity contribution in [1.82, 2.24) is 35.7 Å². The number of carbonyl (C=O) groups excluding carboxylic acids is 4. The fourth-order valence-corrected chi connectivity index (χ4v) is 8.90. The van der Waals surface area contributed by atoms with E-state index in [0.29, 0.717) is 99.2 Å². The lowest BCUT2D eigenvalue weighted by atomic mass is 10.0. The monoisotopic (exact) mass is 1070 g/mol. The Morgan fingerprint density at radius 2 is 0.923 bits per heavy atom. The SMILES string of the molecule is N#C[C@@H]1CC(F)(F)CN1C(=O)CNC(=O)c1ccnc2ccc(-c3ccc(OCCOCCNCCOCCOCCOc4ccc(-c5ccc6nccc(C(=O)NCC(=O)N7CC(F)(F)C[C@H]7C#N)c6c5)cc4)cc3)cc12. The number of nitrogens with one attached hydrogen (secondary N) is 3. The van der Waals surface area contributed by atoms with Crippen LogP contribution in [-0.2, 0) is 23.8 Å². The molecule has 2 aliphatic heterocycles. The van der Waals surface area contributed by atoms with Gasteiger partial charge in [0, 0.05) is 49.1 Å². The van der Waals surface area contributed by atoms with Crippen LogP contribution in [0.2, 0.25) is 0 Å². The first-order valence-electron chi connectivity index (χ1n) is 25.1. The number of alkyl halides is 4. The molecule has 0 radical (unpaired) electrons. The van der Waals surface area contributed by atoms with Crippen molar-refractivity contribution in [1.29, 1.82) is 10.5 Å². The molecule has 0 aliphatic carbocycles. The molecule has 22 heteroatoms. The molecule has 4 aromatic carbocycles. The minimum absolute atomic E-state index is 0.254. The maximum atomic E-state index is 13.8. The molecule has 0 unspecified atom stereocenters. The van der Waals surface area contributed by atoms with Gasteiger partial charge in [-0.15, -0.1) is 0 Å². The van der Waals surface area contributed by atoms with E-state index in [1.807, 2.05) is 72.8 Å². The van der Waals surface area contributed by atoms with Crippen LogP contribution in [0.4, 0.5) is 17.6 Å². The summed E-state index contributed by atoms with van der Waals surface area (Å²) in [6.45, 7) is 1.67. The minimum atomic E-state index is -3.16. The number of carbonyl (C=O) groups is 4. The van der Waals surface area contributed by atoms with Gasteiger partial charge in [-0.05, 0) is 82.9 Å². The molecule has 8 rings (SSSR count). The number of fused-ring (bicyclic) bond motifs is 2. The highest BCUT2D eigenvalue weighted by Crippen LogP contribution is 2.34. The molecule has 0 saturated carbocycles. The van der Waals surface area contributed by atoms with Crippen molar-refractivity contribution in [3.63, 3.8) is 0 Å². The molecule has 18 nitrogen and oxygen atoms in total.